The zero-order chi connectivity index (χ0) is 13.5. The van der Waals surface area contributed by atoms with Crippen LogP contribution in [0.4, 0.5) is 13.2 Å². The summed E-state index contributed by atoms with van der Waals surface area (Å²) in [5.74, 6) is 0. The van der Waals surface area contributed by atoms with Gasteiger partial charge in [-0.3, -0.25) is 0 Å². The van der Waals surface area contributed by atoms with E-state index >= 15 is 0 Å². The van der Waals surface area contributed by atoms with E-state index in [0.717, 1.165) is 17.8 Å². The second kappa shape index (κ2) is 4.48. The van der Waals surface area contributed by atoms with Crippen molar-refractivity contribution >= 4 is 23.2 Å². The number of hydrogen-bond donors (Lipinski definition) is 0. The Morgan fingerprint density at radius 1 is 1.17 bits per heavy atom. The first-order valence-corrected chi connectivity index (χ1v) is 5.63. The van der Waals surface area contributed by atoms with Crippen molar-refractivity contribution in [2.45, 2.75) is 13.1 Å². The molecular formula is C11H7Cl2F3N2. The molecule has 18 heavy (non-hydrogen) atoms. The van der Waals surface area contributed by atoms with Crippen LogP contribution in [0.5, 0.6) is 0 Å². The highest BCUT2D eigenvalue weighted by Crippen LogP contribution is 2.37. The van der Waals surface area contributed by atoms with E-state index in [0.29, 0.717) is 0 Å². The Labute approximate surface area is 111 Å². The van der Waals surface area contributed by atoms with E-state index < -0.39 is 11.7 Å². The predicted octanol–water partition coefficient (Wildman–Crippen LogP) is 4.51. The molecule has 0 aliphatic carbocycles. The molecule has 0 N–H and O–H groups in total. The molecule has 2 aromatic rings. The van der Waals surface area contributed by atoms with Crippen LogP contribution in [0, 0.1) is 6.92 Å². The lowest BCUT2D eigenvalue weighted by molar-refractivity contribution is -0.137. The van der Waals surface area contributed by atoms with Gasteiger partial charge in [-0.2, -0.15) is 18.3 Å². The molecule has 1 heterocycles. The van der Waals surface area contributed by atoms with Crippen LogP contribution in [0.1, 0.15) is 11.3 Å². The predicted molar refractivity (Wildman–Crippen MR) is 63.3 cm³/mol. The van der Waals surface area contributed by atoms with Gasteiger partial charge in [0, 0.05) is 11.9 Å². The molecule has 0 bridgehead atoms. The van der Waals surface area contributed by atoms with Gasteiger partial charge in [0.15, 0.2) is 0 Å². The molecular weight excluding hydrogens is 288 g/mol. The van der Waals surface area contributed by atoms with E-state index in [-0.39, 0.29) is 15.7 Å². The first kappa shape index (κ1) is 13.2. The van der Waals surface area contributed by atoms with Crippen LogP contribution in [0.15, 0.2) is 24.4 Å². The van der Waals surface area contributed by atoms with Gasteiger partial charge in [0.05, 0.1) is 15.6 Å². The normalized spacial score (nSPS) is 11.9. The third-order valence-electron chi connectivity index (χ3n) is 2.39. The van der Waals surface area contributed by atoms with Crippen LogP contribution >= 0.6 is 23.2 Å². The molecule has 0 fully saturated rings. The molecule has 1 aromatic heterocycles. The molecule has 1 aromatic carbocycles. The van der Waals surface area contributed by atoms with Crippen LogP contribution in [0.3, 0.4) is 0 Å². The fourth-order valence-corrected chi connectivity index (χ4v) is 2.18. The van der Waals surface area contributed by atoms with Gasteiger partial charge < -0.3 is 0 Å². The lowest BCUT2D eigenvalue weighted by atomic mass is 10.2. The molecule has 0 spiro atoms. The van der Waals surface area contributed by atoms with Crippen LogP contribution in [-0.4, -0.2) is 9.78 Å². The van der Waals surface area contributed by atoms with Gasteiger partial charge in [0.25, 0.3) is 0 Å². The Hall–Kier alpha value is -1.20. The maximum Gasteiger partial charge on any atom is 0.416 e. The van der Waals surface area contributed by atoms with Crippen molar-refractivity contribution in [1.82, 2.24) is 9.78 Å². The Kier molecular flexibility index (Phi) is 3.29. The Morgan fingerprint density at radius 3 is 2.11 bits per heavy atom. The van der Waals surface area contributed by atoms with Gasteiger partial charge in [-0.15, -0.1) is 0 Å². The number of benzene rings is 1. The van der Waals surface area contributed by atoms with Gasteiger partial charge in [0.2, 0.25) is 0 Å². The van der Waals surface area contributed by atoms with E-state index in [4.69, 9.17) is 23.2 Å². The molecule has 0 saturated carbocycles. The van der Waals surface area contributed by atoms with Crippen LogP contribution in [-0.2, 0) is 6.18 Å². The fraction of sp³-hybridized carbons (Fsp3) is 0.182. The Bertz CT molecular complexity index is 567. The van der Waals surface area contributed by atoms with Crippen molar-refractivity contribution in [2.24, 2.45) is 0 Å². The number of alkyl halides is 3. The third kappa shape index (κ3) is 2.33. The van der Waals surface area contributed by atoms with Crippen molar-refractivity contribution in [1.29, 1.82) is 0 Å². The quantitative estimate of drug-likeness (QED) is 0.757. The van der Waals surface area contributed by atoms with Crippen molar-refractivity contribution in [2.75, 3.05) is 0 Å². The van der Waals surface area contributed by atoms with Crippen molar-refractivity contribution in [3.63, 3.8) is 0 Å². The summed E-state index contributed by atoms with van der Waals surface area (Å²) in [6.07, 6.45) is -2.97. The van der Waals surface area contributed by atoms with Crippen LogP contribution in [0.2, 0.25) is 10.0 Å². The lowest BCUT2D eigenvalue weighted by Gasteiger charge is -2.13. The number of nitrogens with zero attached hydrogens (tertiary/aromatic N) is 2. The zero-order valence-corrected chi connectivity index (χ0v) is 10.6. The molecule has 0 saturated heterocycles. The minimum absolute atomic E-state index is 0.0957. The van der Waals surface area contributed by atoms with E-state index in [1.54, 1.807) is 13.0 Å². The smallest absolute Gasteiger partial charge is 0.235 e. The largest absolute Gasteiger partial charge is 0.416 e. The average molecular weight is 295 g/mol. The number of rotatable bonds is 1. The monoisotopic (exact) mass is 294 g/mol. The Balaban J connectivity index is 2.62. The van der Waals surface area contributed by atoms with Gasteiger partial charge >= 0.3 is 6.18 Å². The molecule has 7 heteroatoms. The SMILES string of the molecule is Cc1ccnn1-c1c(Cl)cc(C(F)(F)F)cc1Cl. The van der Waals surface area contributed by atoms with Crippen molar-refractivity contribution in [3.05, 3.63) is 45.7 Å². The second-order valence-electron chi connectivity index (χ2n) is 3.67. The third-order valence-corrected chi connectivity index (χ3v) is 2.96. The maximum absolute atomic E-state index is 12.6. The van der Waals surface area contributed by atoms with Crippen LogP contribution in [0.25, 0.3) is 5.69 Å². The molecule has 0 radical (unpaired) electrons. The summed E-state index contributed by atoms with van der Waals surface area (Å²) in [4.78, 5) is 0. The number of aryl methyl sites for hydroxylation is 1. The van der Waals surface area contributed by atoms with E-state index in [1.807, 2.05) is 0 Å². The molecule has 2 rings (SSSR count). The van der Waals surface area contributed by atoms with Gasteiger partial charge in [-0.05, 0) is 25.1 Å². The molecule has 2 nitrogen and oxygen atoms in total. The summed E-state index contributed by atoms with van der Waals surface area (Å²) >= 11 is 11.7. The summed E-state index contributed by atoms with van der Waals surface area (Å²) in [6, 6.07) is 3.37. The molecule has 0 aliphatic rings. The molecule has 0 unspecified atom stereocenters. The highest BCUT2D eigenvalue weighted by Gasteiger charge is 2.32. The Morgan fingerprint density at radius 2 is 1.72 bits per heavy atom. The number of aromatic nitrogens is 2. The zero-order valence-electron chi connectivity index (χ0n) is 9.09. The molecule has 96 valence electrons. The molecule has 0 amide bonds. The first-order valence-electron chi connectivity index (χ1n) is 4.88. The first-order chi connectivity index (χ1) is 8.30. The summed E-state index contributed by atoms with van der Waals surface area (Å²) in [6.45, 7) is 1.75. The highest BCUT2D eigenvalue weighted by atomic mass is 35.5. The van der Waals surface area contributed by atoms with E-state index in [9.17, 15) is 13.2 Å². The standard InChI is InChI=1S/C11H7Cl2F3N2/c1-6-2-3-17-18(6)10-8(12)4-7(5-9(10)13)11(14,15)16/h2-5H,1H3. The lowest BCUT2D eigenvalue weighted by Crippen LogP contribution is -2.07. The topological polar surface area (TPSA) is 17.8 Å². The summed E-state index contributed by atoms with van der Waals surface area (Å²) < 4.78 is 39.1. The minimum Gasteiger partial charge on any atom is -0.235 e. The summed E-state index contributed by atoms with van der Waals surface area (Å²) in [5, 5.41) is 3.77. The van der Waals surface area contributed by atoms with Gasteiger partial charge in [-0.1, -0.05) is 23.2 Å². The number of halogens is 5. The highest BCUT2D eigenvalue weighted by molar-refractivity contribution is 6.37. The number of hydrogen-bond acceptors (Lipinski definition) is 1. The fourth-order valence-electron chi connectivity index (χ4n) is 1.54. The maximum atomic E-state index is 12.6. The minimum atomic E-state index is -4.48. The average Bonchev–Trinajstić information content (AvgIpc) is 2.62. The van der Waals surface area contributed by atoms with E-state index in [2.05, 4.69) is 5.10 Å². The van der Waals surface area contributed by atoms with Crippen LogP contribution < -0.4 is 0 Å². The molecule has 0 aliphatic heterocycles. The van der Waals surface area contributed by atoms with Gasteiger partial charge in [-0.25, -0.2) is 4.68 Å². The van der Waals surface area contributed by atoms with Crippen molar-refractivity contribution in [3.8, 4) is 5.69 Å². The molecule has 0 atom stereocenters. The van der Waals surface area contributed by atoms with Crippen molar-refractivity contribution < 1.29 is 13.2 Å². The summed E-state index contributed by atoms with van der Waals surface area (Å²) in [5.41, 5.74) is 0.0819. The summed E-state index contributed by atoms with van der Waals surface area (Å²) in [7, 11) is 0. The van der Waals surface area contributed by atoms with E-state index in [1.165, 1.54) is 10.9 Å². The van der Waals surface area contributed by atoms with Gasteiger partial charge in [0.1, 0.15) is 5.69 Å². The second-order valence-corrected chi connectivity index (χ2v) is 4.49.